The number of fused-ring (bicyclic) bond motifs is 2. The van der Waals surface area contributed by atoms with Crippen molar-refractivity contribution in [3.05, 3.63) is 0 Å². The highest BCUT2D eigenvalue weighted by Crippen LogP contribution is 2.46. The van der Waals surface area contributed by atoms with Crippen molar-refractivity contribution in [1.82, 2.24) is 10.2 Å². The van der Waals surface area contributed by atoms with Crippen LogP contribution in [0.1, 0.15) is 66.2 Å². The number of amidine groups is 1. The standard InChI is InChI=1S/C21H35N3O3S/c1-20(2,3)27-19(25)24-9-7-16(8-10-24)21(4)26-13-22-18(28-21)23-17-12-14-5-6-15(17)11-14/h14-17H,5-13H2,1-4H3,(H,22,23)/t14-,15+,17+,21?/m1/s1. The fourth-order valence-electron chi connectivity index (χ4n) is 5.24. The molecule has 2 aliphatic heterocycles. The van der Waals surface area contributed by atoms with E-state index in [2.05, 4.69) is 17.2 Å². The molecular formula is C21H35N3O3S. The van der Waals surface area contributed by atoms with Gasteiger partial charge in [0.2, 0.25) is 0 Å². The molecule has 7 heteroatoms. The van der Waals surface area contributed by atoms with E-state index < -0.39 is 5.60 Å². The second-order valence-corrected chi connectivity index (χ2v) is 11.4. The molecule has 2 bridgehead atoms. The highest BCUT2D eigenvalue weighted by molar-refractivity contribution is 8.14. The summed E-state index contributed by atoms with van der Waals surface area (Å²) in [5.74, 6) is 2.17. The number of rotatable bonds is 2. The van der Waals surface area contributed by atoms with Crippen molar-refractivity contribution in [2.45, 2.75) is 82.8 Å². The molecule has 4 rings (SSSR count). The third kappa shape index (κ3) is 4.45. The lowest BCUT2D eigenvalue weighted by Gasteiger charge is -2.43. The first kappa shape index (κ1) is 20.3. The molecule has 158 valence electrons. The fraction of sp³-hybridized carbons (Fsp3) is 0.905. The number of thioether (sulfide) groups is 1. The fourth-order valence-corrected chi connectivity index (χ4v) is 6.47. The maximum absolute atomic E-state index is 12.3. The largest absolute Gasteiger partial charge is 0.444 e. The number of aliphatic imine (C=N–C) groups is 1. The van der Waals surface area contributed by atoms with Crippen LogP contribution in [0, 0.1) is 17.8 Å². The van der Waals surface area contributed by atoms with Gasteiger partial charge in [-0.25, -0.2) is 9.79 Å². The van der Waals surface area contributed by atoms with Gasteiger partial charge in [-0.1, -0.05) is 18.2 Å². The lowest BCUT2D eigenvalue weighted by atomic mass is 9.91. The highest BCUT2D eigenvalue weighted by Gasteiger charge is 2.44. The van der Waals surface area contributed by atoms with Gasteiger partial charge in [-0.3, -0.25) is 0 Å². The second-order valence-electron chi connectivity index (χ2n) is 10.0. The van der Waals surface area contributed by atoms with Crippen molar-refractivity contribution in [2.75, 3.05) is 19.8 Å². The molecule has 0 aromatic heterocycles. The average molecular weight is 410 g/mol. The van der Waals surface area contributed by atoms with Gasteiger partial charge in [0.05, 0.1) is 0 Å². The van der Waals surface area contributed by atoms with Crippen LogP contribution in [-0.4, -0.2) is 52.6 Å². The van der Waals surface area contributed by atoms with Gasteiger partial charge in [-0.2, -0.15) is 0 Å². The van der Waals surface area contributed by atoms with Crippen LogP contribution in [0.2, 0.25) is 0 Å². The van der Waals surface area contributed by atoms with Crippen molar-refractivity contribution < 1.29 is 14.3 Å². The number of hydrogen-bond donors (Lipinski definition) is 1. The zero-order valence-electron chi connectivity index (χ0n) is 17.7. The number of ether oxygens (including phenoxy) is 2. The smallest absolute Gasteiger partial charge is 0.410 e. The van der Waals surface area contributed by atoms with Gasteiger partial charge in [0, 0.05) is 25.0 Å². The second kappa shape index (κ2) is 7.71. The number of likely N-dealkylation sites (tertiary alicyclic amines) is 1. The average Bonchev–Trinajstić information content (AvgIpc) is 3.23. The maximum Gasteiger partial charge on any atom is 0.410 e. The van der Waals surface area contributed by atoms with E-state index in [4.69, 9.17) is 9.47 Å². The van der Waals surface area contributed by atoms with Crippen LogP contribution < -0.4 is 5.32 Å². The van der Waals surface area contributed by atoms with Crippen LogP contribution in [-0.2, 0) is 9.47 Å². The molecule has 1 N–H and O–H groups in total. The van der Waals surface area contributed by atoms with E-state index in [9.17, 15) is 4.79 Å². The van der Waals surface area contributed by atoms with Gasteiger partial charge < -0.3 is 19.7 Å². The first-order valence-electron chi connectivity index (χ1n) is 10.8. The third-order valence-electron chi connectivity index (χ3n) is 6.79. The van der Waals surface area contributed by atoms with Gasteiger partial charge in [-0.15, -0.1) is 0 Å². The molecule has 2 heterocycles. The van der Waals surface area contributed by atoms with Gasteiger partial charge in [-0.05, 0) is 71.6 Å². The van der Waals surface area contributed by atoms with Crippen molar-refractivity contribution in [3.8, 4) is 0 Å². The predicted octanol–water partition coefficient (Wildman–Crippen LogP) is 4.20. The monoisotopic (exact) mass is 409 g/mol. The Morgan fingerprint density at radius 1 is 1.25 bits per heavy atom. The first-order chi connectivity index (χ1) is 13.2. The summed E-state index contributed by atoms with van der Waals surface area (Å²) in [4.78, 5) is 18.5. The van der Waals surface area contributed by atoms with Crippen molar-refractivity contribution in [2.24, 2.45) is 22.7 Å². The molecular weight excluding hydrogens is 374 g/mol. The van der Waals surface area contributed by atoms with E-state index in [-0.39, 0.29) is 11.0 Å². The van der Waals surface area contributed by atoms with Crippen LogP contribution in [0.4, 0.5) is 4.79 Å². The van der Waals surface area contributed by atoms with E-state index in [1.807, 2.05) is 25.7 Å². The van der Waals surface area contributed by atoms with Crippen LogP contribution in [0.3, 0.4) is 0 Å². The van der Waals surface area contributed by atoms with Crippen molar-refractivity contribution >= 4 is 23.0 Å². The molecule has 1 saturated heterocycles. The van der Waals surface area contributed by atoms with Gasteiger partial charge in [0.15, 0.2) is 5.17 Å². The molecule has 1 unspecified atom stereocenters. The number of nitrogens with zero attached hydrogens (tertiary/aromatic N) is 2. The summed E-state index contributed by atoms with van der Waals surface area (Å²) in [5, 5.41) is 4.80. The van der Waals surface area contributed by atoms with Crippen LogP contribution in [0.25, 0.3) is 0 Å². The molecule has 0 aromatic carbocycles. The lowest BCUT2D eigenvalue weighted by molar-refractivity contribution is -0.0280. The topological polar surface area (TPSA) is 63.2 Å². The quantitative estimate of drug-likeness (QED) is 0.740. The maximum atomic E-state index is 12.3. The third-order valence-corrected chi connectivity index (χ3v) is 8.09. The summed E-state index contributed by atoms with van der Waals surface area (Å²) in [6.45, 7) is 9.82. The minimum absolute atomic E-state index is 0.200. The summed E-state index contributed by atoms with van der Waals surface area (Å²) in [7, 11) is 0. The minimum atomic E-state index is -0.445. The predicted molar refractivity (Wildman–Crippen MR) is 112 cm³/mol. The Kier molecular flexibility index (Phi) is 5.60. The van der Waals surface area contributed by atoms with Crippen molar-refractivity contribution in [1.29, 1.82) is 0 Å². The number of carbonyl (C=O) groups is 1. The van der Waals surface area contributed by atoms with Crippen LogP contribution >= 0.6 is 11.8 Å². The molecule has 2 saturated carbocycles. The Labute approximate surface area is 173 Å². The zero-order valence-corrected chi connectivity index (χ0v) is 18.5. The summed E-state index contributed by atoms with van der Waals surface area (Å²) < 4.78 is 11.7. The molecule has 0 spiro atoms. The number of nitrogens with one attached hydrogen (secondary N) is 1. The molecule has 28 heavy (non-hydrogen) atoms. The molecule has 2 aliphatic carbocycles. The molecule has 0 radical (unpaired) electrons. The zero-order chi connectivity index (χ0) is 19.9. The Hall–Kier alpha value is -0.950. The SMILES string of the molecule is CC(C)(C)OC(=O)N1CCC(C2(C)OCN=C(N[C@H]3C[C@@H]4CC[C@H]3C4)S2)CC1. The molecule has 1 amide bonds. The molecule has 3 fully saturated rings. The van der Waals surface area contributed by atoms with Crippen LogP contribution in [0.15, 0.2) is 4.99 Å². The summed E-state index contributed by atoms with van der Waals surface area (Å²) in [5.41, 5.74) is -0.445. The lowest BCUT2D eigenvalue weighted by Crippen LogP contribution is -2.49. The summed E-state index contributed by atoms with van der Waals surface area (Å²) >= 11 is 1.76. The summed E-state index contributed by atoms with van der Waals surface area (Å²) in [6, 6.07) is 0.598. The summed E-state index contributed by atoms with van der Waals surface area (Å²) in [6.07, 6.45) is 7.15. The van der Waals surface area contributed by atoms with Crippen molar-refractivity contribution in [3.63, 3.8) is 0 Å². The van der Waals surface area contributed by atoms with Gasteiger partial charge in [0.25, 0.3) is 0 Å². The Bertz CT molecular complexity index is 627. The van der Waals surface area contributed by atoms with E-state index in [0.717, 1.165) is 42.9 Å². The van der Waals surface area contributed by atoms with E-state index in [1.165, 1.54) is 25.7 Å². The highest BCUT2D eigenvalue weighted by atomic mass is 32.2. The number of hydrogen-bond acceptors (Lipinski definition) is 6. The molecule has 0 aromatic rings. The molecule has 4 atom stereocenters. The first-order valence-corrected chi connectivity index (χ1v) is 11.7. The van der Waals surface area contributed by atoms with E-state index >= 15 is 0 Å². The molecule has 4 aliphatic rings. The number of piperidine rings is 1. The Balaban J connectivity index is 1.30. The Morgan fingerprint density at radius 2 is 2.00 bits per heavy atom. The normalized spacial score (nSPS) is 36.4. The number of amides is 1. The molecule has 6 nitrogen and oxygen atoms in total. The minimum Gasteiger partial charge on any atom is -0.444 e. The van der Waals surface area contributed by atoms with Gasteiger partial charge >= 0.3 is 6.09 Å². The number of carbonyl (C=O) groups excluding carboxylic acids is 1. The van der Waals surface area contributed by atoms with E-state index in [0.29, 0.717) is 18.7 Å². The Morgan fingerprint density at radius 3 is 2.61 bits per heavy atom. The van der Waals surface area contributed by atoms with E-state index in [1.54, 1.807) is 11.8 Å². The van der Waals surface area contributed by atoms with Gasteiger partial charge in [0.1, 0.15) is 17.3 Å². The van der Waals surface area contributed by atoms with Crippen LogP contribution in [0.5, 0.6) is 0 Å².